The van der Waals surface area contributed by atoms with Gasteiger partial charge < -0.3 is 0 Å². The molecule has 0 aliphatic carbocycles. The number of non-ortho nitro benzene ring substituents is 1. The lowest BCUT2D eigenvalue weighted by Crippen LogP contribution is -2.16. The van der Waals surface area contributed by atoms with Gasteiger partial charge in [0.2, 0.25) is 5.69 Å². The van der Waals surface area contributed by atoms with Crippen LogP contribution in [0, 0.1) is 28.2 Å². The lowest BCUT2D eigenvalue weighted by molar-refractivity contribution is -0.384. The van der Waals surface area contributed by atoms with E-state index in [9.17, 15) is 10.1 Å². The number of nitrogens with zero attached hydrogens (tertiary/aromatic N) is 2. The van der Waals surface area contributed by atoms with Gasteiger partial charge in [0, 0.05) is 17.7 Å². The highest BCUT2D eigenvalue weighted by atomic mass is 28.3. The average molecular weight is 244 g/mol. The second-order valence-electron chi connectivity index (χ2n) is 4.57. The molecule has 0 saturated carbocycles. The van der Waals surface area contributed by atoms with Crippen LogP contribution in [-0.4, -0.2) is 13.0 Å². The molecule has 0 aliphatic heterocycles. The summed E-state index contributed by atoms with van der Waals surface area (Å²) in [5.74, 6) is 2.89. The number of nitro groups is 1. The van der Waals surface area contributed by atoms with Crippen molar-refractivity contribution >= 4 is 19.4 Å². The van der Waals surface area contributed by atoms with Crippen molar-refractivity contribution in [1.82, 2.24) is 0 Å². The van der Waals surface area contributed by atoms with Gasteiger partial charge >= 0.3 is 0 Å². The first-order valence-corrected chi connectivity index (χ1v) is 8.52. The molecule has 1 rings (SSSR count). The minimum atomic E-state index is -1.55. The van der Waals surface area contributed by atoms with Crippen LogP contribution in [0.3, 0.4) is 0 Å². The van der Waals surface area contributed by atoms with Crippen LogP contribution >= 0.6 is 0 Å². The lowest BCUT2D eigenvalue weighted by atomic mass is 10.1. The Hall–Kier alpha value is -2.11. The van der Waals surface area contributed by atoms with Crippen molar-refractivity contribution in [2.75, 3.05) is 0 Å². The number of hydrogen-bond acceptors (Lipinski definition) is 2. The van der Waals surface area contributed by atoms with Crippen LogP contribution < -0.4 is 0 Å². The highest BCUT2D eigenvalue weighted by molar-refractivity contribution is 6.83. The third-order valence-corrected chi connectivity index (χ3v) is 2.76. The number of benzene rings is 1. The molecule has 0 saturated heterocycles. The first-order chi connectivity index (χ1) is 7.83. The van der Waals surface area contributed by atoms with Gasteiger partial charge in [-0.2, -0.15) is 0 Å². The van der Waals surface area contributed by atoms with Gasteiger partial charge in [-0.05, 0) is 6.07 Å². The summed E-state index contributed by atoms with van der Waals surface area (Å²) in [4.78, 5) is 13.5. The summed E-state index contributed by atoms with van der Waals surface area (Å²) in [7, 11) is -1.55. The van der Waals surface area contributed by atoms with Crippen LogP contribution in [0.4, 0.5) is 11.4 Å². The molecule has 0 atom stereocenters. The third kappa shape index (κ3) is 3.75. The van der Waals surface area contributed by atoms with E-state index >= 15 is 0 Å². The van der Waals surface area contributed by atoms with Crippen molar-refractivity contribution < 1.29 is 4.92 Å². The molecule has 1 aromatic rings. The molecular formula is C12H12N2O2Si. The van der Waals surface area contributed by atoms with Crippen LogP contribution in [-0.2, 0) is 0 Å². The van der Waals surface area contributed by atoms with E-state index in [1.807, 2.05) is 0 Å². The zero-order valence-corrected chi connectivity index (χ0v) is 10.9. The average Bonchev–Trinajstić information content (AvgIpc) is 2.24. The second-order valence-corrected chi connectivity index (χ2v) is 9.32. The van der Waals surface area contributed by atoms with Gasteiger partial charge in [0.05, 0.1) is 11.5 Å². The Morgan fingerprint density at radius 3 is 2.53 bits per heavy atom. The van der Waals surface area contributed by atoms with Crippen LogP contribution in [0.25, 0.3) is 4.85 Å². The predicted octanol–water partition coefficient (Wildman–Crippen LogP) is 3.37. The fraction of sp³-hybridized carbons (Fsp3) is 0.250. The molecule has 0 spiro atoms. The Kier molecular flexibility index (Phi) is 3.67. The van der Waals surface area contributed by atoms with Gasteiger partial charge in [-0.25, -0.2) is 4.85 Å². The van der Waals surface area contributed by atoms with E-state index in [-0.39, 0.29) is 5.69 Å². The fourth-order valence-corrected chi connectivity index (χ4v) is 1.60. The highest BCUT2D eigenvalue weighted by Gasteiger charge is 2.11. The van der Waals surface area contributed by atoms with Gasteiger partial charge in [-0.3, -0.25) is 10.1 Å². The Morgan fingerprint density at radius 2 is 2.06 bits per heavy atom. The molecule has 5 heteroatoms. The molecule has 0 bridgehead atoms. The van der Waals surface area contributed by atoms with E-state index in [1.165, 1.54) is 18.2 Å². The van der Waals surface area contributed by atoms with Crippen LogP contribution in [0.1, 0.15) is 5.56 Å². The van der Waals surface area contributed by atoms with Crippen molar-refractivity contribution in [2.45, 2.75) is 19.6 Å². The molecule has 0 heterocycles. The number of hydrogen-bond donors (Lipinski definition) is 0. The zero-order valence-electron chi connectivity index (χ0n) is 9.94. The van der Waals surface area contributed by atoms with E-state index in [4.69, 9.17) is 6.57 Å². The number of nitro benzene ring substituents is 1. The van der Waals surface area contributed by atoms with Crippen molar-refractivity contribution in [1.29, 1.82) is 0 Å². The second kappa shape index (κ2) is 4.81. The maximum Gasteiger partial charge on any atom is 0.268 e. The standard InChI is InChI=1S/C12H12N2O2Si/c1-13-12-6-5-11(14(15)16)9-10(12)7-8-17(2,3)4/h5-6,9H,2-4H3. The Balaban J connectivity index is 3.29. The van der Waals surface area contributed by atoms with E-state index < -0.39 is 13.0 Å². The van der Waals surface area contributed by atoms with Gasteiger partial charge in [0.25, 0.3) is 5.69 Å². The SMILES string of the molecule is [C-]#[N+]c1ccc([N+](=O)[O-])cc1C#C[Si](C)(C)C. The normalized spacial score (nSPS) is 10.0. The van der Waals surface area contributed by atoms with Crippen molar-refractivity contribution in [2.24, 2.45) is 0 Å². The molecule has 4 nitrogen and oxygen atoms in total. The van der Waals surface area contributed by atoms with Crippen molar-refractivity contribution in [3.63, 3.8) is 0 Å². The van der Waals surface area contributed by atoms with Gasteiger partial charge in [0.15, 0.2) is 0 Å². The third-order valence-electron chi connectivity index (χ3n) is 1.88. The Bertz CT molecular complexity index is 557. The summed E-state index contributed by atoms with van der Waals surface area (Å²) in [6.07, 6.45) is 0. The summed E-state index contributed by atoms with van der Waals surface area (Å²) in [5.41, 5.74) is 3.88. The minimum Gasteiger partial charge on any atom is -0.258 e. The molecule has 0 fully saturated rings. The molecule has 0 amide bonds. The van der Waals surface area contributed by atoms with Crippen LogP contribution in [0.5, 0.6) is 0 Å². The summed E-state index contributed by atoms with van der Waals surface area (Å²) in [6.45, 7) is 13.2. The van der Waals surface area contributed by atoms with E-state index in [1.54, 1.807) is 0 Å². The van der Waals surface area contributed by atoms with E-state index in [0.717, 1.165) is 0 Å². The first kappa shape index (κ1) is 13.0. The molecular weight excluding hydrogens is 232 g/mol. The Morgan fingerprint density at radius 1 is 1.41 bits per heavy atom. The largest absolute Gasteiger partial charge is 0.268 e. The molecule has 0 N–H and O–H groups in total. The molecule has 86 valence electrons. The molecule has 0 unspecified atom stereocenters. The van der Waals surface area contributed by atoms with E-state index in [0.29, 0.717) is 11.3 Å². The molecule has 0 aliphatic rings. The monoisotopic (exact) mass is 244 g/mol. The predicted molar refractivity (Wildman–Crippen MR) is 69.6 cm³/mol. The molecule has 0 radical (unpaired) electrons. The quantitative estimate of drug-likeness (QED) is 0.250. The summed E-state index contributed by atoms with van der Waals surface area (Å²) >= 11 is 0. The lowest BCUT2D eigenvalue weighted by Gasteiger charge is -2.03. The highest BCUT2D eigenvalue weighted by Crippen LogP contribution is 2.23. The van der Waals surface area contributed by atoms with Crippen molar-refractivity contribution in [3.05, 3.63) is 45.3 Å². The summed E-state index contributed by atoms with van der Waals surface area (Å²) in [5, 5.41) is 10.6. The fourth-order valence-electron chi connectivity index (χ4n) is 1.09. The van der Waals surface area contributed by atoms with E-state index in [2.05, 4.69) is 36.0 Å². The molecule has 1 aromatic carbocycles. The van der Waals surface area contributed by atoms with Gasteiger partial charge in [0.1, 0.15) is 8.07 Å². The number of rotatable bonds is 1. The summed E-state index contributed by atoms with van der Waals surface area (Å²) < 4.78 is 0. The topological polar surface area (TPSA) is 47.5 Å². The van der Waals surface area contributed by atoms with Crippen molar-refractivity contribution in [3.8, 4) is 11.5 Å². The smallest absolute Gasteiger partial charge is 0.258 e. The van der Waals surface area contributed by atoms with Crippen LogP contribution in [0.15, 0.2) is 18.2 Å². The maximum absolute atomic E-state index is 10.6. The first-order valence-electron chi connectivity index (χ1n) is 5.02. The molecule has 0 aromatic heterocycles. The van der Waals surface area contributed by atoms with Crippen LogP contribution in [0.2, 0.25) is 19.6 Å². The zero-order chi connectivity index (χ0) is 13.1. The van der Waals surface area contributed by atoms with Gasteiger partial charge in [-0.1, -0.05) is 25.6 Å². The van der Waals surface area contributed by atoms with Gasteiger partial charge in [-0.15, -0.1) is 5.54 Å². The molecule has 17 heavy (non-hydrogen) atoms. The Labute approximate surface area is 101 Å². The minimum absolute atomic E-state index is 0.0303. The maximum atomic E-state index is 10.6. The summed E-state index contributed by atoms with van der Waals surface area (Å²) in [6, 6.07) is 4.13.